The summed E-state index contributed by atoms with van der Waals surface area (Å²) in [5.74, 6) is 0. The number of piperazine rings is 1. The molecule has 1 atom stereocenters. The number of hydrogen-bond donors (Lipinski definition) is 1. The van der Waals surface area contributed by atoms with Crippen LogP contribution in [0.2, 0.25) is 5.02 Å². The molecular formula is C11H13ClN2O. The molecule has 1 unspecified atom stereocenters. The molecule has 1 amide bonds. The van der Waals surface area contributed by atoms with Crippen LogP contribution in [0, 0.1) is 0 Å². The van der Waals surface area contributed by atoms with Gasteiger partial charge in [-0.1, -0.05) is 29.8 Å². The second kappa shape index (κ2) is 4.64. The van der Waals surface area contributed by atoms with E-state index >= 15 is 0 Å². The number of carbonyl (C=O) groups excluding carboxylic acids is 1. The Hall–Kier alpha value is -1.06. The SMILES string of the molecule is O=CN1CCNC(c2ccccc2Cl)C1. The Morgan fingerprint density at radius 1 is 1.47 bits per heavy atom. The maximum atomic E-state index is 10.7. The van der Waals surface area contributed by atoms with Crippen LogP contribution >= 0.6 is 11.6 Å². The van der Waals surface area contributed by atoms with E-state index in [1.807, 2.05) is 24.3 Å². The molecule has 0 spiro atoms. The maximum absolute atomic E-state index is 10.7. The zero-order valence-corrected chi connectivity index (χ0v) is 9.07. The van der Waals surface area contributed by atoms with Crippen LogP contribution in [-0.2, 0) is 4.79 Å². The van der Waals surface area contributed by atoms with Crippen molar-refractivity contribution in [1.82, 2.24) is 10.2 Å². The molecular weight excluding hydrogens is 212 g/mol. The first-order chi connectivity index (χ1) is 7.31. The highest BCUT2D eigenvalue weighted by Gasteiger charge is 2.20. The van der Waals surface area contributed by atoms with Crippen LogP contribution in [0.5, 0.6) is 0 Å². The van der Waals surface area contributed by atoms with Crippen molar-refractivity contribution in [3.8, 4) is 0 Å². The van der Waals surface area contributed by atoms with Gasteiger partial charge in [-0.25, -0.2) is 0 Å². The molecule has 1 aliphatic heterocycles. The van der Waals surface area contributed by atoms with Crippen LogP contribution in [-0.4, -0.2) is 30.9 Å². The molecule has 1 saturated heterocycles. The van der Waals surface area contributed by atoms with Crippen molar-refractivity contribution >= 4 is 18.0 Å². The van der Waals surface area contributed by atoms with Gasteiger partial charge in [-0.05, 0) is 11.6 Å². The van der Waals surface area contributed by atoms with E-state index in [4.69, 9.17) is 11.6 Å². The summed E-state index contributed by atoms with van der Waals surface area (Å²) in [6, 6.07) is 7.89. The summed E-state index contributed by atoms with van der Waals surface area (Å²) in [4.78, 5) is 12.5. The minimum Gasteiger partial charge on any atom is -0.342 e. The van der Waals surface area contributed by atoms with Gasteiger partial charge >= 0.3 is 0 Å². The Bertz CT molecular complexity index is 356. The lowest BCUT2D eigenvalue weighted by atomic mass is 10.0. The average molecular weight is 225 g/mol. The van der Waals surface area contributed by atoms with Gasteiger partial charge in [0.25, 0.3) is 0 Å². The van der Waals surface area contributed by atoms with E-state index in [1.54, 1.807) is 4.90 Å². The molecule has 0 aliphatic carbocycles. The molecule has 0 aromatic heterocycles. The highest BCUT2D eigenvalue weighted by atomic mass is 35.5. The van der Waals surface area contributed by atoms with Crippen LogP contribution < -0.4 is 5.32 Å². The summed E-state index contributed by atoms with van der Waals surface area (Å²) in [5.41, 5.74) is 1.06. The fraction of sp³-hybridized carbons (Fsp3) is 0.364. The molecule has 4 heteroatoms. The first-order valence-electron chi connectivity index (χ1n) is 4.98. The normalized spacial score (nSPS) is 21.4. The summed E-state index contributed by atoms with van der Waals surface area (Å²) >= 11 is 6.10. The first-order valence-corrected chi connectivity index (χ1v) is 5.36. The molecule has 1 aromatic carbocycles. The average Bonchev–Trinajstić information content (AvgIpc) is 2.30. The van der Waals surface area contributed by atoms with E-state index in [0.717, 1.165) is 30.1 Å². The van der Waals surface area contributed by atoms with Gasteiger partial charge in [0, 0.05) is 24.7 Å². The maximum Gasteiger partial charge on any atom is 0.209 e. The monoisotopic (exact) mass is 224 g/mol. The lowest BCUT2D eigenvalue weighted by Crippen LogP contribution is -2.45. The molecule has 1 aliphatic rings. The number of amides is 1. The van der Waals surface area contributed by atoms with Crippen molar-refractivity contribution in [2.45, 2.75) is 6.04 Å². The van der Waals surface area contributed by atoms with Gasteiger partial charge < -0.3 is 10.2 Å². The number of rotatable bonds is 2. The Labute approximate surface area is 94.0 Å². The fourth-order valence-electron chi connectivity index (χ4n) is 1.83. The second-order valence-electron chi connectivity index (χ2n) is 3.63. The zero-order valence-electron chi connectivity index (χ0n) is 8.32. The molecule has 0 saturated carbocycles. The molecule has 0 bridgehead atoms. The summed E-state index contributed by atoms with van der Waals surface area (Å²) in [6.07, 6.45) is 0.894. The van der Waals surface area contributed by atoms with Gasteiger partial charge in [-0.2, -0.15) is 0 Å². The molecule has 1 aromatic rings. The van der Waals surface area contributed by atoms with Crippen molar-refractivity contribution < 1.29 is 4.79 Å². The number of hydrogen-bond acceptors (Lipinski definition) is 2. The predicted octanol–water partition coefficient (Wildman–Crippen LogP) is 1.44. The van der Waals surface area contributed by atoms with E-state index in [0.29, 0.717) is 6.54 Å². The van der Waals surface area contributed by atoms with Crippen LogP contribution in [0.3, 0.4) is 0 Å². The van der Waals surface area contributed by atoms with Crippen LogP contribution in [0.4, 0.5) is 0 Å². The van der Waals surface area contributed by atoms with Crippen LogP contribution in [0.1, 0.15) is 11.6 Å². The fourth-order valence-corrected chi connectivity index (χ4v) is 2.10. The summed E-state index contributed by atoms with van der Waals surface area (Å²) < 4.78 is 0. The number of nitrogens with zero attached hydrogens (tertiary/aromatic N) is 1. The molecule has 1 fully saturated rings. The Morgan fingerprint density at radius 2 is 2.27 bits per heavy atom. The molecule has 2 rings (SSSR count). The van der Waals surface area contributed by atoms with E-state index in [2.05, 4.69) is 5.32 Å². The van der Waals surface area contributed by atoms with Crippen molar-refractivity contribution in [3.05, 3.63) is 34.9 Å². The van der Waals surface area contributed by atoms with Gasteiger partial charge in [0.2, 0.25) is 6.41 Å². The minimum absolute atomic E-state index is 0.151. The van der Waals surface area contributed by atoms with E-state index in [1.165, 1.54) is 0 Å². The number of carbonyl (C=O) groups is 1. The summed E-state index contributed by atoms with van der Waals surface area (Å²) in [7, 11) is 0. The van der Waals surface area contributed by atoms with Crippen LogP contribution in [0.15, 0.2) is 24.3 Å². The predicted molar refractivity (Wildman–Crippen MR) is 59.8 cm³/mol. The second-order valence-corrected chi connectivity index (χ2v) is 4.04. The Kier molecular flexibility index (Phi) is 3.23. The summed E-state index contributed by atoms with van der Waals surface area (Å²) in [5, 5.41) is 4.11. The minimum atomic E-state index is 0.151. The van der Waals surface area contributed by atoms with Crippen LogP contribution in [0.25, 0.3) is 0 Å². The van der Waals surface area contributed by atoms with Gasteiger partial charge in [-0.3, -0.25) is 4.79 Å². The molecule has 15 heavy (non-hydrogen) atoms. The van der Waals surface area contributed by atoms with E-state index in [9.17, 15) is 4.79 Å². The largest absolute Gasteiger partial charge is 0.342 e. The standard InChI is InChI=1S/C11H13ClN2O/c12-10-4-2-1-3-9(10)11-7-14(8-15)6-5-13-11/h1-4,8,11,13H,5-7H2. The smallest absolute Gasteiger partial charge is 0.209 e. The Morgan fingerprint density at radius 3 is 3.00 bits per heavy atom. The van der Waals surface area contributed by atoms with Crippen molar-refractivity contribution in [1.29, 1.82) is 0 Å². The quantitative estimate of drug-likeness (QED) is 0.772. The van der Waals surface area contributed by atoms with Crippen molar-refractivity contribution in [2.24, 2.45) is 0 Å². The number of halogens is 1. The van der Waals surface area contributed by atoms with Gasteiger partial charge in [-0.15, -0.1) is 0 Å². The van der Waals surface area contributed by atoms with Crippen molar-refractivity contribution in [3.63, 3.8) is 0 Å². The van der Waals surface area contributed by atoms with Gasteiger partial charge in [0.1, 0.15) is 0 Å². The molecule has 1 N–H and O–H groups in total. The molecule has 3 nitrogen and oxygen atoms in total. The third-order valence-corrected chi connectivity index (χ3v) is 2.98. The third kappa shape index (κ3) is 2.30. The lowest BCUT2D eigenvalue weighted by molar-refractivity contribution is -0.119. The highest BCUT2D eigenvalue weighted by molar-refractivity contribution is 6.31. The molecule has 80 valence electrons. The zero-order chi connectivity index (χ0) is 10.7. The van der Waals surface area contributed by atoms with Gasteiger partial charge in [0.15, 0.2) is 0 Å². The third-order valence-electron chi connectivity index (χ3n) is 2.64. The molecule has 0 radical (unpaired) electrons. The molecule has 1 heterocycles. The van der Waals surface area contributed by atoms with Gasteiger partial charge in [0.05, 0.1) is 6.04 Å². The first kappa shape index (κ1) is 10.5. The highest BCUT2D eigenvalue weighted by Crippen LogP contribution is 2.24. The topological polar surface area (TPSA) is 32.3 Å². The van der Waals surface area contributed by atoms with Crippen molar-refractivity contribution in [2.75, 3.05) is 19.6 Å². The summed E-state index contributed by atoms with van der Waals surface area (Å²) in [6.45, 7) is 2.27. The number of benzene rings is 1. The van der Waals surface area contributed by atoms with E-state index in [-0.39, 0.29) is 6.04 Å². The Balaban J connectivity index is 2.16. The lowest BCUT2D eigenvalue weighted by Gasteiger charge is -2.31. The number of nitrogens with one attached hydrogen (secondary N) is 1. The van der Waals surface area contributed by atoms with E-state index < -0.39 is 0 Å².